The van der Waals surface area contributed by atoms with E-state index in [9.17, 15) is 8.42 Å². The van der Waals surface area contributed by atoms with Crippen LogP contribution in [0, 0.1) is 11.3 Å². The van der Waals surface area contributed by atoms with Gasteiger partial charge in [-0.1, -0.05) is 30.3 Å². The van der Waals surface area contributed by atoms with Gasteiger partial charge in [0, 0.05) is 6.42 Å². The van der Waals surface area contributed by atoms with E-state index in [1.807, 2.05) is 36.4 Å². The lowest BCUT2D eigenvalue weighted by atomic mass is 10.1. The molecule has 0 aliphatic carbocycles. The SMILES string of the molecule is N#CCCCS(=O)(=O)c1ccc2ccccc2c1. The molecule has 0 saturated heterocycles. The minimum atomic E-state index is -3.28. The van der Waals surface area contributed by atoms with Gasteiger partial charge in [0.1, 0.15) is 0 Å². The second-order valence-electron chi connectivity index (χ2n) is 4.09. The van der Waals surface area contributed by atoms with Crippen molar-refractivity contribution in [1.82, 2.24) is 0 Å². The number of nitriles is 1. The zero-order chi connectivity index (χ0) is 13.0. The lowest BCUT2D eigenvalue weighted by Crippen LogP contribution is -2.06. The van der Waals surface area contributed by atoms with Gasteiger partial charge >= 0.3 is 0 Å². The van der Waals surface area contributed by atoms with E-state index in [0.29, 0.717) is 11.3 Å². The Morgan fingerprint density at radius 2 is 1.78 bits per heavy atom. The average molecular weight is 259 g/mol. The van der Waals surface area contributed by atoms with Crippen molar-refractivity contribution in [2.24, 2.45) is 0 Å². The topological polar surface area (TPSA) is 57.9 Å². The number of benzene rings is 2. The number of hydrogen-bond donors (Lipinski definition) is 0. The number of unbranched alkanes of at least 4 members (excludes halogenated alkanes) is 1. The molecular weight excluding hydrogens is 246 g/mol. The van der Waals surface area contributed by atoms with Gasteiger partial charge in [0.25, 0.3) is 0 Å². The molecule has 0 unspecified atom stereocenters. The average Bonchev–Trinajstić information content (AvgIpc) is 2.38. The van der Waals surface area contributed by atoms with Gasteiger partial charge in [-0.15, -0.1) is 0 Å². The highest BCUT2D eigenvalue weighted by Crippen LogP contribution is 2.20. The van der Waals surface area contributed by atoms with Crippen LogP contribution < -0.4 is 0 Å². The zero-order valence-electron chi connectivity index (χ0n) is 9.83. The predicted octanol–water partition coefficient (Wildman–Crippen LogP) is 2.92. The second-order valence-corrected chi connectivity index (χ2v) is 6.20. The summed E-state index contributed by atoms with van der Waals surface area (Å²) in [6.45, 7) is 0. The maximum Gasteiger partial charge on any atom is 0.178 e. The van der Waals surface area contributed by atoms with Gasteiger partial charge in [0.05, 0.1) is 16.7 Å². The van der Waals surface area contributed by atoms with Crippen LogP contribution in [-0.4, -0.2) is 14.2 Å². The van der Waals surface area contributed by atoms with Gasteiger partial charge in [0.15, 0.2) is 9.84 Å². The van der Waals surface area contributed by atoms with E-state index in [-0.39, 0.29) is 12.2 Å². The highest BCUT2D eigenvalue weighted by Gasteiger charge is 2.14. The molecule has 0 aromatic heterocycles. The molecule has 0 heterocycles. The van der Waals surface area contributed by atoms with E-state index in [2.05, 4.69) is 0 Å². The van der Waals surface area contributed by atoms with Gasteiger partial charge in [0.2, 0.25) is 0 Å². The molecule has 0 aliphatic heterocycles. The van der Waals surface area contributed by atoms with Gasteiger partial charge in [-0.3, -0.25) is 0 Å². The fraction of sp³-hybridized carbons (Fsp3) is 0.214. The summed E-state index contributed by atoms with van der Waals surface area (Å²) < 4.78 is 24.1. The van der Waals surface area contributed by atoms with Crippen molar-refractivity contribution in [3.05, 3.63) is 42.5 Å². The molecule has 92 valence electrons. The molecule has 0 atom stereocenters. The molecular formula is C14H13NO2S. The molecule has 2 aromatic carbocycles. The molecule has 18 heavy (non-hydrogen) atoms. The maximum absolute atomic E-state index is 12.0. The molecule has 0 aliphatic rings. The first-order valence-corrected chi connectivity index (χ1v) is 7.37. The third kappa shape index (κ3) is 2.69. The van der Waals surface area contributed by atoms with Crippen LogP contribution in [-0.2, 0) is 9.84 Å². The Morgan fingerprint density at radius 1 is 1.06 bits per heavy atom. The summed E-state index contributed by atoms with van der Waals surface area (Å²) in [6, 6.07) is 14.7. The number of rotatable bonds is 4. The van der Waals surface area contributed by atoms with Crippen molar-refractivity contribution in [1.29, 1.82) is 5.26 Å². The van der Waals surface area contributed by atoms with Crippen LogP contribution in [0.3, 0.4) is 0 Å². The Balaban J connectivity index is 2.33. The van der Waals surface area contributed by atoms with Crippen LogP contribution in [0.1, 0.15) is 12.8 Å². The standard InChI is InChI=1S/C14H13NO2S/c15-9-3-4-10-18(16,17)14-8-7-12-5-1-2-6-13(12)11-14/h1-2,5-8,11H,3-4,10H2. The quantitative estimate of drug-likeness (QED) is 0.793. The summed E-state index contributed by atoms with van der Waals surface area (Å²) in [5, 5.41) is 10.4. The van der Waals surface area contributed by atoms with E-state index in [4.69, 9.17) is 5.26 Å². The van der Waals surface area contributed by atoms with Crippen LogP contribution in [0.5, 0.6) is 0 Å². The Hall–Kier alpha value is -1.86. The first kappa shape index (κ1) is 12.6. The molecule has 2 rings (SSSR count). The highest BCUT2D eigenvalue weighted by atomic mass is 32.2. The number of sulfone groups is 1. The molecule has 2 aromatic rings. The van der Waals surface area contributed by atoms with Crippen molar-refractivity contribution in [2.45, 2.75) is 17.7 Å². The monoisotopic (exact) mass is 259 g/mol. The fourth-order valence-corrected chi connectivity index (χ4v) is 3.16. The van der Waals surface area contributed by atoms with E-state index in [0.717, 1.165) is 10.8 Å². The zero-order valence-corrected chi connectivity index (χ0v) is 10.7. The summed E-state index contributed by atoms with van der Waals surface area (Å²) in [6.07, 6.45) is 0.651. The Kier molecular flexibility index (Phi) is 3.63. The van der Waals surface area contributed by atoms with E-state index >= 15 is 0 Å². The van der Waals surface area contributed by atoms with Crippen LogP contribution in [0.25, 0.3) is 10.8 Å². The smallest absolute Gasteiger partial charge is 0.178 e. The Labute approximate surface area is 107 Å². The van der Waals surface area contributed by atoms with Crippen molar-refractivity contribution >= 4 is 20.6 Å². The van der Waals surface area contributed by atoms with Gasteiger partial charge in [-0.25, -0.2) is 8.42 Å². The number of hydrogen-bond acceptors (Lipinski definition) is 3. The molecule has 0 bridgehead atoms. The predicted molar refractivity (Wildman–Crippen MR) is 70.8 cm³/mol. The maximum atomic E-state index is 12.0. The molecule has 0 N–H and O–H groups in total. The van der Waals surface area contributed by atoms with E-state index < -0.39 is 9.84 Å². The fourth-order valence-electron chi connectivity index (χ4n) is 1.82. The molecule has 0 fully saturated rings. The van der Waals surface area contributed by atoms with Crippen LogP contribution in [0.2, 0.25) is 0 Å². The summed E-state index contributed by atoms with van der Waals surface area (Å²) in [4.78, 5) is 0.333. The summed E-state index contributed by atoms with van der Waals surface area (Å²) in [5.41, 5.74) is 0. The molecule has 0 amide bonds. The van der Waals surface area contributed by atoms with Gasteiger partial charge in [-0.05, 0) is 29.3 Å². The minimum absolute atomic E-state index is 0.0267. The lowest BCUT2D eigenvalue weighted by molar-refractivity contribution is 0.594. The lowest BCUT2D eigenvalue weighted by Gasteiger charge is -2.04. The van der Waals surface area contributed by atoms with E-state index in [1.165, 1.54) is 0 Å². The largest absolute Gasteiger partial charge is 0.224 e. The third-order valence-corrected chi connectivity index (χ3v) is 4.58. The van der Waals surface area contributed by atoms with Crippen LogP contribution in [0.4, 0.5) is 0 Å². The normalized spacial score (nSPS) is 11.3. The number of nitrogens with zero attached hydrogens (tertiary/aromatic N) is 1. The Morgan fingerprint density at radius 3 is 2.50 bits per heavy atom. The van der Waals surface area contributed by atoms with Crippen LogP contribution >= 0.6 is 0 Å². The van der Waals surface area contributed by atoms with E-state index in [1.54, 1.807) is 12.1 Å². The summed E-state index contributed by atoms with van der Waals surface area (Å²) >= 11 is 0. The minimum Gasteiger partial charge on any atom is -0.224 e. The molecule has 0 radical (unpaired) electrons. The highest BCUT2D eigenvalue weighted by molar-refractivity contribution is 7.91. The van der Waals surface area contributed by atoms with Crippen molar-refractivity contribution in [3.63, 3.8) is 0 Å². The first-order valence-electron chi connectivity index (χ1n) is 5.72. The first-order chi connectivity index (χ1) is 8.63. The van der Waals surface area contributed by atoms with Gasteiger partial charge < -0.3 is 0 Å². The summed E-state index contributed by atoms with van der Waals surface area (Å²) in [7, 11) is -3.28. The second kappa shape index (κ2) is 5.19. The number of fused-ring (bicyclic) bond motifs is 1. The molecule has 0 spiro atoms. The van der Waals surface area contributed by atoms with Crippen molar-refractivity contribution in [2.75, 3.05) is 5.75 Å². The van der Waals surface area contributed by atoms with Crippen molar-refractivity contribution < 1.29 is 8.42 Å². The Bertz CT molecular complexity index is 699. The van der Waals surface area contributed by atoms with Crippen LogP contribution in [0.15, 0.2) is 47.4 Å². The van der Waals surface area contributed by atoms with Crippen molar-refractivity contribution in [3.8, 4) is 6.07 Å². The molecule has 4 heteroatoms. The van der Waals surface area contributed by atoms with Gasteiger partial charge in [-0.2, -0.15) is 5.26 Å². The molecule has 0 saturated carbocycles. The summed E-state index contributed by atoms with van der Waals surface area (Å²) in [5.74, 6) is 0.0267. The third-order valence-electron chi connectivity index (χ3n) is 2.78. The molecule has 3 nitrogen and oxygen atoms in total.